The van der Waals surface area contributed by atoms with Crippen molar-refractivity contribution in [1.82, 2.24) is 5.32 Å². The molecule has 4 fully saturated rings. The standard InChI is InChI=1S/C20H28BrNO3/c1-3-25-18-16(21)5-13(6-17(18)24-2)11-22-19-7-14-4-15(8-19)10-20(23,9-14)12-19/h5-6,14-15,22-23H,3-4,7-12H2,1-2H3. The van der Waals surface area contributed by atoms with Crippen molar-refractivity contribution in [2.24, 2.45) is 11.8 Å². The van der Waals surface area contributed by atoms with Crippen molar-refractivity contribution in [3.8, 4) is 11.5 Å². The van der Waals surface area contributed by atoms with Crippen molar-refractivity contribution >= 4 is 15.9 Å². The van der Waals surface area contributed by atoms with E-state index in [1.54, 1.807) is 7.11 Å². The van der Waals surface area contributed by atoms with E-state index in [1.807, 2.05) is 6.92 Å². The van der Waals surface area contributed by atoms with Crippen molar-refractivity contribution in [1.29, 1.82) is 0 Å². The molecule has 4 bridgehead atoms. The van der Waals surface area contributed by atoms with Crippen molar-refractivity contribution in [2.45, 2.75) is 63.1 Å². The highest BCUT2D eigenvalue weighted by Gasteiger charge is 2.56. The second-order valence-electron chi connectivity index (χ2n) is 8.36. The number of rotatable bonds is 6. The summed E-state index contributed by atoms with van der Waals surface area (Å²) < 4.78 is 12.1. The molecule has 1 aromatic carbocycles. The lowest BCUT2D eigenvalue weighted by molar-refractivity contribution is -0.142. The summed E-state index contributed by atoms with van der Waals surface area (Å²) in [5.41, 5.74) is 0.862. The topological polar surface area (TPSA) is 50.7 Å². The van der Waals surface area contributed by atoms with Crippen LogP contribution in [0.25, 0.3) is 0 Å². The van der Waals surface area contributed by atoms with Gasteiger partial charge in [0.25, 0.3) is 0 Å². The summed E-state index contributed by atoms with van der Waals surface area (Å²) >= 11 is 3.61. The van der Waals surface area contributed by atoms with Gasteiger partial charge in [-0.2, -0.15) is 0 Å². The number of benzene rings is 1. The maximum absolute atomic E-state index is 10.9. The van der Waals surface area contributed by atoms with Gasteiger partial charge in [-0.25, -0.2) is 0 Å². The van der Waals surface area contributed by atoms with E-state index in [0.29, 0.717) is 18.4 Å². The highest BCUT2D eigenvalue weighted by molar-refractivity contribution is 9.10. The van der Waals surface area contributed by atoms with Gasteiger partial charge >= 0.3 is 0 Å². The van der Waals surface area contributed by atoms with Crippen LogP contribution in [0.4, 0.5) is 0 Å². The van der Waals surface area contributed by atoms with Crippen LogP contribution in [0.5, 0.6) is 11.5 Å². The minimum absolute atomic E-state index is 0.108. The first-order valence-corrected chi connectivity index (χ1v) is 10.2. The van der Waals surface area contributed by atoms with E-state index in [4.69, 9.17) is 9.47 Å². The fraction of sp³-hybridized carbons (Fsp3) is 0.700. The van der Waals surface area contributed by atoms with Crippen LogP contribution in [0.3, 0.4) is 0 Å². The number of methoxy groups -OCH3 is 1. The lowest BCUT2D eigenvalue weighted by Crippen LogP contribution is -2.64. The van der Waals surface area contributed by atoms with Crippen molar-refractivity contribution in [3.63, 3.8) is 0 Å². The number of aliphatic hydroxyl groups is 1. The molecule has 138 valence electrons. The van der Waals surface area contributed by atoms with Gasteiger partial charge in [-0.3, -0.25) is 0 Å². The zero-order valence-electron chi connectivity index (χ0n) is 15.1. The first kappa shape index (κ1) is 17.6. The predicted molar refractivity (Wildman–Crippen MR) is 101 cm³/mol. The van der Waals surface area contributed by atoms with Crippen LogP contribution < -0.4 is 14.8 Å². The van der Waals surface area contributed by atoms with Crippen LogP contribution in [-0.4, -0.2) is 30.0 Å². The predicted octanol–water partition coefficient (Wildman–Crippen LogP) is 4.03. The molecule has 25 heavy (non-hydrogen) atoms. The Kier molecular flexibility index (Phi) is 4.53. The summed E-state index contributed by atoms with van der Waals surface area (Å²) in [6.07, 6.45) is 6.66. The van der Waals surface area contributed by atoms with Gasteiger partial charge in [0.15, 0.2) is 11.5 Å². The summed E-state index contributed by atoms with van der Waals surface area (Å²) in [4.78, 5) is 0. The first-order chi connectivity index (χ1) is 11.9. The molecule has 0 aromatic heterocycles. The van der Waals surface area contributed by atoms with Gasteiger partial charge in [0, 0.05) is 12.1 Å². The molecule has 2 unspecified atom stereocenters. The van der Waals surface area contributed by atoms with E-state index in [0.717, 1.165) is 41.8 Å². The molecular weight excluding hydrogens is 382 g/mol. The van der Waals surface area contributed by atoms with Gasteiger partial charge in [-0.05, 0) is 90.9 Å². The van der Waals surface area contributed by atoms with Crippen LogP contribution >= 0.6 is 15.9 Å². The minimum atomic E-state index is -0.422. The second kappa shape index (κ2) is 6.43. The quantitative estimate of drug-likeness (QED) is 0.744. The maximum atomic E-state index is 10.9. The molecule has 5 rings (SSSR count). The average Bonchev–Trinajstić information content (AvgIpc) is 2.53. The van der Waals surface area contributed by atoms with Gasteiger partial charge in [-0.15, -0.1) is 0 Å². The number of ether oxygens (including phenoxy) is 2. The first-order valence-electron chi connectivity index (χ1n) is 9.41. The number of hydrogen-bond donors (Lipinski definition) is 2. The minimum Gasteiger partial charge on any atom is -0.493 e. The Morgan fingerprint density at radius 1 is 1.24 bits per heavy atom. The number of hydrogen-bond acceptors (Lipinski definition) is 4. The average molecular weight is 410 g/mol. The molecule has 4 nitrogen and oxygen atoms in total. The summed E-state index contributed by atoms with van der Waals surface area (Å²) in [7, 11) is 1.68. The Morgan fingerprint density at radius 3 is 2.56 bits per heavy atom. The third-order valence-corrected chi connectivity index (χ3v) is 6.86. The van der Waals surface area contributed by atoms with Gasteiger partial charge in [-0.1, -0.05) is 0 Å². The summed E-state index contributed by atoms with van der Waals surface area (Å²) in [5.74, 6) is 2.91. The second-order valence-corrected chi connectivity index (χ2v) is 9.22. The molecule has 2 N–H and O–H groups in total. The lowest BCUT2D eigenvalue weighted by atomic mass is 9.51. The summed E-state index contributed by atoms with van der Waals surface area (Å²) in [6.45, 7) is 3.37. The molecule has 4 aliphatic carbocycles. The summed E-state index contributed by atoms with van der Waals surface area (Å²) in [5, 5.41) is 14.7. The van der Waals surface area contributed by atoms with E-state index in [1.165, 1.54) is 24.8 Å². The zero-order valence-corrected chi connectivity index (χ0v) is 16.7. The van der Waals surface area contributed by atoms with Crippen LogP contribution in [0.2, 0.25) is 0 Å². The Morgan fingerprint density at radius 2 is 1.96 bits per heavy atom. The van der Waals surface area contributed by atoms with Gasteiger partial charge in [0.1, 0.15) is 0 Å². The number of nitrogens with one attached hydrogen (secondary N) is 1. The number of halogens is 1. The van der Waals surface area contributed by atoms with E-state index in [2.05, 4.69) is 33.4 Å². The molecule has 0 radical (unpaired) electrons. The molecule has 4 aliphatic rings. The lowest BCUT2D eigenvalue weighted by Gasteiger charge is -2.60. The van der Waals surface area contributed by atoms with Crippen molar-refractivity contribution in [2.75, 3.05) is 13.7 Å². The van der Waals surface area contributed by atoms with E-state index >= 15 is 0 Å². The maximum Gasteiger partial charge on any atom is 0.175 e. The largest absolute Gasteiger partial charge is 0.493 e. The normalized spacial score (nSPS) is 35.8. The highest BCUT2D eigenvalue weighted by atomic mass is 79.9. The molecule has 4 saturated carbocycles. The Hall–Kier alpha value is -0.780. The zero-order chi connectivity index (χ0) is 17.7. The molecule has 1 aromatic rings. The van der Waals surface area contributed by atoms with Gasteiger partial charge < -0.3 is 19.9 Å². The third-order valence-electron chi connectivity index (χ3n) is 6.28. The third kappa shape index (κ3) is 3.31. The smallest absolute Gasteiger partial charge is 0.175 e. The van der Waals surface area contributed by atoms with Crippen LogP contribution in [0.1, 0.15) is 51.0 Å². The molecule has 0 saturated heterocycles. The molecular formula is C20H28BrNO3. The summed E-state index contributed by atoms with van der Waals surface area (Å²) in [6, 6.07) is 4.16. The van der Waals surface area contributed by atoms with Crippen molar-refractivity contribution in [3.05, 3.63) is 22.2 Å². The monoisotopic (exact) mass is 409 g/mol. The van der Waals surface area contributed by atoms with E-state index in [-0.39, 0.29) is 5.54 Å². The van der Waals surface area contributed by atoms with Crippen molar-refractivity contribution < 1.29 is 14.6 Å². The van der Waals surface area contributed by atoms with Crippen LogP contribution in [0.15, 0.2) is 16.6 Å². The van der Waals surface area contributed by atoms with Crippen LogP contribution in [0, 0.1) is 11.8 Å². The van der Waals surface area contributed by atoms with Gasteiger partial charge in [0.2, 0.25) is 0 Å². The van der Waals surface area contributed by atoms with E-state index < -0.39 is 5.60 Å². The molecule has 2 atom stereocenters. The molecule has 0 aliphatic heterocycles. The van der Waals surface area contributed by atoms with Gasteiger partial charge in [0.05, 0.1) is 23.8 Å². The highest BCUT2D eigenvalue weighted by Crippen LogP contribution is 2.57. The van der Waals surface area contributed by atoms with E-state index in [9.17, 15) is 5.11 Å². The molecule has 0 amide bonds. The molecule has 0 spiro atoms. The fourth-order valence-electron chi connectivity index (χ4n) is 5.87. The Bertz CT molecular complexity index is 649. The fourth-order valence-corrected chi connectivity index (χ4v) is 6.47. The SMILES string of the molecule is CCOc1c(Br)cc(CNC23CC4CC(CC(O)(C4)C2)C3)cc1OC. The molecule has 5 heteroatoms. The Labute approximate surface area is 158 Å². The Balaban J connectivity index is 1.51. The van der Waals surface area contributed by atoms with Crippen LogP contribution in [-0.2, 0) is 6.54 Å². The molecule has 0 heterocycles.